The van der Waals surface area contributed by atoms with Gasteiger partial charge in [0.15, 0.2) is 15.6 Å². The molecule has 2 aromatic heterocycles. The summed E-state index contributed by atoms with van der Waals surface area (Å²) in [5.41, 5.74) is 1.53. The molecule has 3 rings (SSSR count). The van der Waals surface area contributed by atoms with Gasteiger partial charge in [-0.25, -0.2) is 18.4 Å². The fourth-order valence-electron chi connectivity index (χ4n) is 2.26. The minimum Gasteiger partial charge on any atom is -0.350 e. The molecule has 0 unspecified atom stereocenters. The summed E-state index contributed by atoms with van der Waals surface area (Å²) in [5, 5.41) is 3.04. The lowest BCUT2D eigenvalue weighted by Gasteiger charge is -2.06. The van der Waals surface area contributed by atoms with Crippen molar-refractivity contribution in [2.75, 3.05) is 11.6 Å². The van der Waals surface area contributed by atoms with Crippen LogP contribution in [0, 0.1) is 0 Å². The number of nitrogens with zero attached hydrogens (tertiary/aromatic N) is 3. The molecule has 0 amide bonds. The van der Waals surface area contributed by atoms with Crippen molar-refractivity contribution in [1.82, 2.24) is 15.0 Å². The lowest BCUT2D eigenvalue weighted by molar-refractivity contribution is 0.103. The first-order valence-electron chi connectivity index (χ1n) is 7.73. The monoisotopic (exact) mass is 368 g/mol. The van der Waals surface area contributed by atoms with Crippen LogP contribution in [0.5, 0.6) is 0 Å². The number of carbonyl (C=O) groups excluding carboxylic acids is 1. The summed E-state index contributed by atoms with van der Waals surface area (Å²) in [5.74, 6) is 0.0459. The van der Waals surface area contributed by atoms with Gasteiger partial charge in [-0.3, -0.25) is 9.78 Å². The average Bonchev–Trinajstić information content (AvgIpc) is 2.66. The topological polar surface area (TPSA) is 102 Å². The zero-order valence-electron chi connectivity index (χ0n) is 14.0. The highest BCUT2D eigenvalue weighted by molar-refractivity contribution is 7.90. The standard InChI is InChI=1S/C18H16N4O3S/c1-26(24,25)16-6-2-5-14(8-16)17(23)15-11-21-18(22-12-15)20-10-13-4-3-7-19-9-13/h2-9,11-12H,10H2,1H3,(H,20,21,22). The fourth-order valence-corrected chi connectivity index (χ4v) is 2.92. The highest BCUT2D eigenvalue weighted by atomic mass is 32.2. The van der Waals surface area contributed by atoms with E-state index in [1.807, 2.05) is 12.1 Å². The maximum Gasteiger partial charge on any atom is 0.222 e. The SMILES string of the molecule is CS(=O)(=O)c1cccc(C(=O)c2cnc(NCc3cccnc3)nc2)c1. The molecule has 0 bridgehead atoms. The highest BCUT2D eigenvalue weighted by Crippen LogP contribution is 2.15. The number of hydrogen-bond donors (Lipinski definition) is 1. The van der Waals surface area contributed by atoms with Gasteiger partial charge in [-0.05, 0) is 23.8 Å². The van der Waals surface area contributed by atoms with Crippen LogP contribution >= 0.6 is 0 Å². The molecule has 1 aromatic carbocycles. The van der Waals surface area contributed by atoms with Gasteiger partial charge in [-0.1, -0.05) is 18.2 Å². The van der Waals surface area contributed by atoms with E-state index in [0.717, 1.165) is 11.8 Å². The van der Waals surface area contributed by atoms with E-state index in [1.54, 1.807) is 18.5 Å². The molecule has 7 nitrogen and oxygen atoms in total. The molecule has 1 N–H and O–H groups in total. The Bertz CT molecular complexity index is 1020. The number of ketones is 1. The summed E-state index contributed by atoms with van der Waals surface area (Å²) in [6.07, 6.45) is 7.35. The third-order valence-corrected chi connectivity index (χ3v) is 4.72. The number of benzene rings is 1. The molecule has 0 atom stereocenters. The van der Waals surface area contributed by atoms with E-state index in [-0.39, 0.29) is 21.8 Å². The van der Waals surface area contributed by atoms with Gasteiger partial charge in [0.1, 0.15) is 0 Å². The van der Waals surface area contributed by atoms with Crippen LogP contribution in [0.3, 0.4) is 0 Å². The number of hydrogen-bond acceptors (Lipinski definition) is 7. The van der Waals surface area contributed by atoms with E-state index in [9.17, 15) is 13.2 Å². The van der Waals surface area contributed by atoms with Gasteiger partial charge >= 0.3 is 0 Å². The lowest BCUT2D eigenvalue weighted by Crippen LogP contribution is -2.08. The van der Waals surface area contributed by atoms with E-state index in [4.69, 9.17) is 0 Å². The van der Waals surface area contributed by atoms with Crippen molar-refractivity contribution in [3.63, 3.8) is 0 Å². The molecule has 0 saturated heterocycles. The van der Waals surface area contributed by atoms with Crippen LogP contribution in [0.15, 0.2) is 66.1 Å². The quantitative estimate of drug-likeness (QED) is 0.665. The van der Waals surface area contributed by atoms with Crippen molar-refractivity contribution >= 4 is 21.6 Å². The fraction of sp³-hybridized carbons (Fsp3) is 0.111. The van der Waals surface area contributed by atoms with Crippen LogP contribution in [0.25, 0.3) is 0 Å². The van der Waals surface area contributed by atoms with Crippen LogP contribution in [-0.2, 0) is 16.4 Å². The van der Waals surface area contributed by atoms with Gasteiger partial charge in [0, 0.05) is 43.2 Å². The molecule has 0 spiro atoms. The molecule has 0 aliphatic carbocycles. The lowest BCUT2D eigenvalue weighted by atomic mass is 10.1. The van der Waals surface area contributed by atoms with Crippen molar-refractivity contribution in [2.45, 2.75) is 11.4 Å². The van der Waals surface area contributed by atoms with E-state index >= 15 is 0 Å². The Morgan fingerprint density at radius 3 is 2.46 bits per heavy atom. The second-order valence-corrected chi connectivity index (χ2v) is 7.66. The van der Waals surface area contributed by atoms with Crippen LogP contribution in [0.2, 0.25) is 0 Å². The van der Waals surface area contributed by atoms with Crippen molar-refractivity contribution in [1.29, 1.82) is 0 Å². The van der Waals surface area contributed by atoms with Gasteiger partial charge < -0.3 is 5.32 Å². The predicted molar refractivity (Wildman–Crippen MR) is 96.6 cm³/mol. The summed E-state index contributed by atoms with van der Waals surface area (Å²) in [7, 11) is -3.38. The minimum atomic E-state index is -3.38. The number of pyridine rings is 1. The summed E-state index contributed by atoms with van der Waals surface area (Å²) in [6.45, 7) is 0.511. The van der Waals surface area contributed by atoms with Gasteiger partial charge in [0.05, 0.1) is 10.5 Å². The maximum absolute atomic E-state index is 12.5. The van der Waals surface area contributed by atoms with E-state index in [1.165, 1.54) is 30.6 Å². The van der Waals surface area contributed by atoms with Crippen LogP contribution in [-0.4, -0.2) is 35.4 Å². The smallest absolute Gasteiger partial charge is 0.222 e. The Morgan fingerprint density at radius 1 is 1.04 bits per heavy atom. The van der Waals surface area contributed by atoms with Gasteiger partial charge in [0.25, 0.3) is 0 Å². The molecular formula is C18H16N4O3S. The molecule has 26 heavy (non-hydrogen) atoms. The molecular weight excluding hydrogens is 352 g/mol. The minimum absolute atomic E-state index is 0.0963. The summed E-state index contributed by atoms with van der Waals surface area (Å²) < 4.78 is 23.3. The third kappa shape index (κ3) is 4.28. The Kier molecular flexibility index (Phi) is 5.04. The third-order valence-electron chi connectivity index (χ3n) is 3.61. The first kappa shape index (κ1) is 17.7. The predicted octanol–water partition coefficient (Wildman–Crippen LogP) is 2.12. The number of carbonyl (C=O) groups is 1. The second kappa shape index (κ2) is 7.40. The zero-order valence-corrected chi connectivity index (χ0v) is 14.8. The van der Waals surface area contributed by atoms with E-state index in [0.29, 0.717) is 12.5 Å². The number of aromatic nitrogens is 3. The van der Waals surface area contributed by atoms with Gasteiger partial charge in [-0.2, -0.15) is 0 Å². The number of sulfone groups is 1. The maximum atomic E-state index is 12.5. The van der Waals surface area contributed by atoms with E-state index < -0.39 is 9.84 Å². The summed E-state index contributed by atoms with van der Waals surface area (Å²) in [6, 6.07) is 9.66. The van der Waals surface area contributed by atoms with Crippen molar-refractivity contribution < 1.29 is 13.2 Å². The van der Waals surface area contributed by atoms with Crippen LogP contribution in [0.4, 0.5) is 5.95 Å². The Balaban J connectivity index is 1.73. The molecule has 0 aliphatic rings. The van der Waals surface area contributed by atoms with Crippen molar-refractivity contribution in [3.05, 3.63) is 77.9 Å². The second-order valence-electron chi connectivity index (χ2n) is 5.64. The normalized spacial score (nSPS) is 11.1. The Morgan fingerprint density at radius 2 is 1.81 bits per heavy atom. The molecule has 0 saturated carbocycles. The van der Waals surface area contributed by atoms with Crippen molar-refractivity contribution in [3.8, 4) is 0 Å². The van der Waals surface area contributed by atoms with Crippen molar-refractivity contribution in [2.24, 2.45) is 0 Å². The average molecular weight is 368 g/mol. The van der Waals surface area contributed by atoms with E-state index in [2.05, 4.69) is 20.3 Å². The number of anilines is 1. The molecule has 2 heterocycles. The molecule has 0 aliphatic heterocycles. The number of rotatable bonds is 6. The van der Waals surface area contributed by atoms with Gasteiger partial charge in [-0.15, -0.1) is 0 Å². The van der Waals surface area contributed by atoms with Crippen LogP contribution < -0.4 is 5.32 Å². The Hall–Kier alpha value is -3.13. The molecule has 3 aromatic rings. The Labute approximate surface area is 151 Å². The first-order valence-corrected chi connectivity index (χ1v) is 9.62. The number of nitrogens with one attached hydrogen (secondary N) is 1. The van der Waals surface area contributed by atoms with Crippen LogP contribution in [0.1, 0.15) is 21.5 Å². The van der Waals surface area contributed by atoms with Gasteiger partial charge in [0.2, 0.25) is 5.95 Å². The summed E-state index contributed by atoms with van der Waals surface area (Å²) >= 11 is 0. The molecule has 8 heteroatoms. The first-order chi connectivity index (χ1) is 12.4. The molecule has 132 valence electrons. The highest BCUT2D eigenvalue weighted by Gasteiger charge is 2.14. The zero-order chi connectivity index (χ0) is 18.6. The molecule has 0 fully saturated rings. The molecule has 0 radical (unpaired) electrons. The largest absolute Gasteiger partial charge is 0.350 e. The summed E-state index contributed by atoms with van der Waals surface area (Å²) in [4.78, 5) is 24.9.